The van der Waals surface area contributed by atoms with Crippen molar-refractivity contribution >= 4 is 13.3 Å². The minimum absolute atomic E-state index is 1.26. The molecule has 0 aliphatic heterocycles. The van der Waals surface area contributed by atoms with Crippen molar-refractivity contribution in [2.45, 2.75) is 0 Å². The standard InChI is InChI=1S/C18H15B/c19-18-11-9-15(10-12-18)17-8-4-7-16(13-17)14-5-2-1-3-6-14/h1-13H,19H2. The van der Waals surface area contributed by atoms with Gasteiger partial charge in [0, 0.05) is 0 Å². The fourth-order valence-electron chi connectivity index (χ4n) is 2.25. The number of benzene rings is 3. The molecule has 0 aromatic heterocycles. The lowest BCUT2D eigenvalue weighted by molar-refractivity contribution is 1.59. The summed E-state index contributed by atoms with van der Waals surface area (Å²) in [5.41, 5.74) is 6.35. The van der Waals surface area contributed by atoms with Gasteiger partial charge in [-0.25, -0.2) is 0 Å². The van der Waals surface area contributed by atoms with Gasteiger partial charge in [-0.2, -0.15) is 0 Å². The molecule has 19 heavy (non-hydrogen) atoms. The third-order valence-electron chi connectivity index (χ3n) is 3.35. The van der Waals surface area contributed by atoms with E-state index >= 15 is 0 Å². The SMILES string of the molecule is Bc1ccc(-c2cccc(-c3ccccc3)c2)cc1. The van der Waals surface area contributed by atoms with E-state index in [4.69, 9.17) is 0 Å². The van der Waals surface area contributed by atoms with Crippen LogP contribution in [0.4, 0.5) is 0 Å². The summed E-state index contributed by atoms with van der Waals surface area (Å²) >= 11 is 0. The fourth-order valence-corrected chi connectivity index (χ4v) is 2.25. The normalized spacial score (nSPS) is 10.3. The molecule has 0 nitrogen and oxygen atoms in total. The maximum absolute atomic E-state index is 2.25. The van der Waals surface area contributed by atoms with E-state index in [1.807, 2.05) is 6.07 Å². The summed E-state index contributed by atoms with van der Waals surface area (Å²) in [4.78, 5) is 0. The van der Waals surface area contributed by atoms with Crippen LogP contribution in [0.2, 0.25) is 0 Å². The summed E-state index contributed by atoms with van der Waals surface area (Å²) in [5, 5.41) is 0. The molecule has 0 spiro atoms. The predicted molar refractivity (Wildman–Crippen MR) is 85.5 cm³/mol. The van der Waals surface area contributed by atoms with E-state index in [0.29, 0.717) is 0 Å². The van der Waals surface area contributed by atoms with Crippen LogP contribution >= 0.6 is 0 Å². The molecule has 0 heterocycles. The van der Waals surface area contributed by atoms with Crippen LogP contribution in [0.1, 0.15) is 0 Å². The molecule has 0 fully saturated rings. The van der Waals surface area contributed by atoms with Crippen molar-refractivity contribution in [1.29, 1.82) is 0 Å². The predicted octanol–water partition coefficient (Wildman–Crippen LogP) is 3.28. The molecule has 3 rings (SSSR count). The number of rotatable bonds is 2. The van der Waals surface area contributed by atoms with Gasteiger partial charge in [-0.15, -0.1) is 0 Å². The van der Waals surface area contributed by atoms with E-state index in [0.717, 1.165) is 0 Å². The van der Waals surface area contributed by atoms with Crippen molar-refractivity contribution in [2.75, 3.05) is 0 Å². The monoisotopic (exact) mass is 242 g/mol. The van der Waals surface area contributed by atoms with Crippen molar-refractivity contribution in [3.8, 4) is 22.3 Å². The molecule has 0 N–H and O–H groups in total. The quantitative estimate of drug-likeness (QED) is 0.605. The second kappa shape index (κ2) is 5.15. The van der Waals surface area contributed by atoms with Crippen molar-refractivity contribution in [1.82, 2.24) is 0 Å². The van der Waals surface area contributed by atoms with Gasteiger partial charge < -0.3 is 0 Å². The largest absolute Gasteiger partial charge is 0.139 e. The van der Waals surface area contributed by atoms with Crippen LogP contribution in [-0.2, 0) is 0 Å². The molecule has 90 valence electrons. The van der Waals surface area contributed by atoms with Gasteiger partial charge in [0.25, 0.3) is 0 Å². The van der Waals surface area contributed by atoms with Gasteiger partial charge in [-0.1, -0.05) is 78.3 Å². The van der Waals surface area contributed by atoms with Crippen molar-refractivity contribution in [3.05, 3.63) is 78.9 Å². The van der Waals surface area contributed by atoms with Gasteiger partial charge in [-0.05, 0) is 28.3 Å². The third kappa shape index (κ3) is 2.60. The number of hydrogen-bond donors (Lipinski definition) is 0. The Morgan fingerprint density at radius 2 is 1.00 bits per heavy atom. The molecule has 0 saturated heterocycles. The maximum Gasteiger partial charge on any atom is 0.139 e. The van der Waals surface area contributed by atoms with E-state index in [1.54, 1.807) is 0 Å². The van der Waals surface area contributed by atoms with Crippen LogP contribution in [-0.4, -0.2) is 7.85 Å². The summed E-state index contributed by atoms with van der Waals surface area (Å²) in [5.74, 6) is 0. The average Bonchev–Trinajstić information content (AvgIpc) is 2.49. The zero-order chi connectivity index (χ0) is 13.1. The number of hydrogen-bond acceptors (Lipinski definition) is 0. The summed E-state index contributed by atoms with van der Waals surface area (Å²) in [6, 6.07) is 27.9. The van der Waals surface area contributed by atoms with Crippen LogP contribution in [0.3, 0.4) is 0 Å². The summed E-state index contributed by atoms with van der Waals surface area (Å²) in [7, 11) is 2.12. The van der Waals surface area contributed by atoms with E-state index in [2.05, 4.69) is 80.6 Å². The maximum atomic E-state index is 2.25. The van der Waals surface area contributed by atoms with E-state index in [9.17, 15) is 0 Å². The minimum Gasteiger partial charge on any atom is -0.0889 e. The molecule has 0 aliphatic rings. The first kappa shape index (κ1) is 11.8. The fraction of sp³-hybridized carbons (Fsp3) is 0. The molecule has 0 atom stereocenters. The molecular weight excluding hydrogens is 227 g/mol. The Morgan fingerprint density at radius 1 is 0.474 bits per heavy atom. The molecule has 0 unspecified atom stereocenters. The van der Waals surface area contributed by atoms with Gasteiger partial charge in [0.15, 0.2) is 0 Å². The van der Waals surface area contributed by atoms with Crippen LogP contribution in [0.5, 0.6) is 0 Å². The first-order chi connectivity index (χ1) is 9.33. The second-order valence-electron chi connectivity index (χ2n) is 4.81. The molecule has 0 amide bonds. The lowest BCUT2D eigenvalue weighted by atomic mass is 9.93. The Kier molecular flexibility index (Phi) is 3.20. The molecule has 0 radical (unpaired) electrons. The Labute approximate surface area is 115 Å². The molecule has 0 saturated carbocycles. The van der Waals surface area contributed by atoms with Crippen molar-refractivity contribution in [2.24, 2.45) is 0 Å². The highest BCUT2D eigenvalue weighted by atomic mass is 14.0. The lowest BCUT2D eigenvalue weighted by Gasteiger charge is -2.06. The summed E-state index contributed by atoms with van der Waals surface area (Å²) < 4.78 is 0. The lowest BCUT2D eigenvalue weighted by Crippen LogP contribution is -1.99. The van der Waals surface area contributed by atoms with E-state index in [1.165, 1.54) is 27.7 Å². The molecule has 1 heteroatoms. The third-order valence-corrected chi connectivity index (χ3v) is 3.35. The highest BCUT2D eigenvalue weighted by Gasteiger charge is 2.00. The zero-order valence-corrected chi connectivity index (χ0v) is 11.0. The Hall–Kier alpha value is -2.28. The second-order valence-corrected chi connectivity index (χ2v) is 4.81. The van der Waals surface area contributed by atoms with Gasteiger partial charge >= 0.3 is 0 Å². The highest BCUT2D eigenvalue weighted by molar-refractivity contribution is 6.32. The Morgan fingerprint density at radius 3 is 1.63 bits per heavy atom. The van der Waals surface area contributed by atoms with Crippen molar-refractivity contribution < 1.29 is 0 Å². The topological polar surface area (TPSA) is 0 Å². The van der Waals surface area contributed by atoms with Gasteiger partial charge in [0.2, 0.25) is 0 Å². The first-order valence-electron chi connectivity index (χ1n) is 6.55. The van der Waals surface area contributed by atoms with Crippen LogP contribution in [0.25, 0.3) is 22.3 Å². The van der Waals surface area contributed by atoms with Crippen LogP contribution < -0.4 is 5.46 Å². The average molecular weight is 242 g/mol. The van der Waals surface area contributed by atoms with Crippen LogP contribution in [0.15, 0.2) is 78.9 Å². The van der Waals surface area contributed by atoms with Crippen LogP contribution in [0, 0.1) is 0 Å². The zero-order valence-electron chi connectivity index (χ0n) is 11.0. The minimum atomic E-state index is 1.26. The Bertz CT molecular complexity index is 670. The smallest absolute Gasteiger partial charge is 0.0889 e. The molecule has 3 aromatic carbocycles. The van der Waals surface area contributed by atoms with Gasteiger partial charge in [-0.3, -0.25) is 0 Å². The highest BCUT2D eigenvalue weighted by Crippen LogP contribution is 2.25. The summed E-state index contributed by atoms with van der Waals surface area (Å²) in [6.45, 7) is 0. The molecule has 0 bridgehead atoms. The molecule has 0 aliphatic carbocycles. The van der Waals surface area contributed by atoms with Crippen molar-refractivity contribution in [3.63, 3.8) is 0 Å². The van der Waals surface area contributed by atoms with E-state index < -0.39 is 0 Å². The summed E-state index contributed by atoms with van der Waals surface area (Å²) in [6.07, 6.45) is 0. The van der Waals surface area contributed by atoms with Gasteiger partial charge in [0.1, 0.15) is 7.85 Å². The molecular formula is C18H15B. The van der Waals surface area contributed by atoms with E-state index in [-0.39, 0.29) is 0 Å². The van der Waals surface area contributed by atoms with Gasteiger partial charge in [0.05, 0.1) is 0 Å². The molecule has 3 aromatic rings. The first-order valence-corrected chi connectivity index (χ1v) is 6.55. The Balaban J connectivity index is 2.03.